The molecule has 6 heteroatoms. The molecule has 0 aliphatic carbocycles. The van der Waals surface area contributed by atoms with Gasteiger partial charge in [0.05, 0.1) is 6.26 Å². The van der Waals surface area contributed by atoms with Crippen LogP contribution in [0.1, 0.15) is 21.1 Å². The number of nitrogens with one attached hydrogen (secondary N) is 2. The molecule has 106 valence electrons. The fourth-order valence-electron chi connectivity index (χ4n) is 2.03. The van der Waals surface area contributed by atoms with Crippen molar-refractivity contribution in [3.05, 3.63) is 54.2 Å². The highest BCUT2D eigenvalue weighted by Crippen LogP contribution is 2.31. The molecule has 0 atom stereocenters. The first-order valence-electron chi connectivity index (χ1n) is 6.29. The Balaban J connectivity index is 2.07. The summed E-state index contributed by atoms with van der Waals surface area (Å²) < 4.78 is 10.6. The van der Waals surface area contributed by atoms with Gasteiger partial charge in [0, 0.05) is 12.4 Å². The lowest BCUT2D eigenvalue weighted by Crippen LogP contribution is -2.20. The van der Waals surface area contributed by atoms with Crippen molar-refractivity contribution in [3.63, 3.8) is 0 Å². The van der Waals surface area contributed by atoms with Gasteiger partial charge >= 0.3 is 0 Å². The van der Waals surface area contributed by atoms with E-state index in [0.29, 0.717) is 16.7 Å². The van der Waals surface area contributed by atoms with Crippen LogP contribution in [0.25, 0.3) is 11.0 Å². The molecule has 0 spiro atoms. The largest absolute Gasteiger partial charge is 0.459 e. The van der Waals surface area contributed by atoms with E-state index in [1.807, 2.05) is 0 Å². The molecule has 0 unspecified atom stereocenters. The van der Waals surface area contributed by atoms with E-state index in [4.69, 9.17) is 8.83 Å². The first-order chi connectivity index (χ1) is 10.2. The number of para-hydroxylation sites is 1. The topological polar surface area (TPSA) is 84.5 Å². The minimum atomic E-state index is -0.447. The monoisotopic (exact) mass is 284 g/mol. The van der Waals surface area contributed by atoms with Crippen molar-refractivity contribution in [1.29, 1.82) is 0 Å². The van der Waals surface area contributed by atoms with E-state index < -0.39 is 11.8 Å². The van der Waals surface area contributed by atoms with E-state index in [1.54, 1.807) is 30.3 Å². The van der Waals surface area contributed by atoms with Crippen molar-refractivity contribution in [2.24, 2.45) is 0 Å². The Morgan fingerprint density at radius 3 is 2.57 bits per heavy atom. The lowest BCUT2D eigenvalue weighted by Gasteiger charge is -2.03. The molecule has 0 saturated carbocycles. The molecule has 2 amide bonds. The van der Waals surface area contributed by atoms with Gasteiger partial charge in [-0.25, -0.2) is 0 Å². The number of furan rings is 2. The summed E-state index contributed by atoms with van der Waals surface area (Å²) in [6.45, 7) is 0. The standard InChI is InChI=1S/C15H12N2O4/c1-16-15(19)13-12(9-5-2-3-6-10(9)21-13)17-14(18)11-7-4-8-20-11/h2-8H,1H3,(H,16,19)(H,17,18). The van der Waals surface area contributed by atoms with Gasteiger partial charge in [-0.05, 0) is 24.3 Å². The Morgan fingerprint density at radius 2 is 1.86 bits per heavy atom. The van der Waals surface area contributed by atoms with Crippen molar-refractivity contribution >= 4 is 28.5 Å². The van der Waals surface area contributed by atoms with Crippen molar-refractivity contribution in [3.8, 4) is 0 Å². The van der Waals surface area contributed by atoms with Gasteiger partial charge in [0.15, 0.2) is 5.76 Å². The maximum absolute atomic E-state index is 12.1. The highest BCUT2D eigenvalue weighted by Gasteiger charge is 2.22. The van der Waals surface area contributed by atoms with Crippen LogP contribution in [0.2, 0.25) is 0 Å². The number of benzene rings is 1. The summed E-state index contributed by atoms with van der Waals surface area (Å²) in [6.07, 6.45) is 1.40. The molecule has 21 heavy (non-hydrogen) atoms. The maximum atomic E-state index is 12.1. The van der Waals surface area contributed by atoms with Crippen LogP contribution in [-0.4, -0.2) is 18.9 Å². The van der Waals surface area contributed by atoms with E-state index in [2.05, 4.69) is 10.6 Å². The molecule has 0 fully saturated rings. The van der Waals surface area contributed by atoms with Crippen LogP contribution in [0.15, 0.2) is 51.5 Å². The second-order valence-electron chi connectivity index (χ2n) is 4.31. The highest BCUT2D eigenvalue weighted by molar-refractivity contribution is 6.13. The summed E-state index contributed by atoms with van der Waals surface area (Å²) in [7, 11) is 1.49. The van der Waals surface area contributed by atoms with Gasteiger partial charge in [0.2, 0.25) is 5.76 Å². The van der Waals surface area contributed by atoms with Crippen LogP contribution < -0.4 is 10.6 Å². The minimum Gasteiger partial charge on any atom is -0.459 e. The summed E-state index contributed by atoms with van der Waals surface area (Å²) in [5, 5.41) is 5.80. The number of fused-ring (bicyclic) bond motifs is 1. The van der Waals surface area contributed by atoms with E-state index in [9.17, 15) is 9.59 Å². The summed E-state index contributed by atoms with van der Waals surface area (Å²) in [6, 6.07) is 10.2. The van der Waals surface area contributed by atoms with Crippen LogP contribution in [0.4, 0.5) is 5.69 Å². The Hall–Kier alpha value is -3.02. The SMILES string of the molecule is CNC(=O)c1oc2ccccc2c1NC(=O)c1ccco1. The number of hydrogen-bond acceptors (Lipinski definition) is 4. The second-order valence-corrected chi connectivity index (χ2v) is 4.31. The zero-order chi connectivity index (χ0) is 14.8. The molecular formula is C15H12N2O4. The van der Waals surface area contributed by atoms with Crippen LogP contribution in [-0.2, 0) is 0 Å². The van der Waals surface area contributed by atoms with Gasteiger partial charge < -0.3 is 19.5 Å². The molecule has 2 aromatic heterocycles. The lowest BCUT2D eigenvalue weighted by molar-refractivity contribution is 0.0939. The number of hydrogen-bond donors (Lipinski definition) is 2. The molecule has 3 aromatic rings. The highest BCUT2D eigenvalue weighted by atomic mass is 16.4. The predicted octanol–water partition coefficient (Wildman–Crippen LogP) is 2.64. The smallest absolute Gasteiger partial charge is 0.291 e. The third kappa shape index (κ3) is 2.27. The summed E-state index contributed by atoms with van der Waals surface area (Å²) in [5.41, 5.74) is 0.845. The Morgan fingerprint density at radius 1 is 1.05 bits per heavy atom. The van der Waals surface area contributed by atoms with Gasteiger partial charge in [-0.2, -0.15) is 0 Å². The number of anilines is 1. The summed E-state index contributed by atoms with van der Waals surface area (Å²) in [5.74, 6) is -0.653. The second kappa shape index (κ2) is 5.16. The number of amides is 2. The van der Waals surface area contributed by atoms with Crippen molar-refractivity contribution < 1.29 is 18.4 Å². The molecule has 6 nitrogen and oxygen atoms in total. The number of rotatable bonds is 3. The average molecular weight is 284 g/mol. The molecular weight excluding hydrogens is 272 g/mol. The van der Waals surface area contributed by atoms with E-state index >= 15 is 0 Å². The van der Waals surface area contributed by atoms with E-state index in [0.717, 1.165) is 0 Å². The predicted molar refractivity (Wildman–Crippen MR) is 76.3 cm³/mol. The summed E-state index contributed by atoms with van der Waals surface area (Å²) >= 11 is 0. The molecule has 0 bridgehead atoms. The Bertz CT molecular complexity index is 802. The van der Waals surface area contributed by atoms with Crippen molar-refractivity contribution in [1.82, 2.24) is 5.32 Å². The van der Waals surface area contributed by atoms with E-state index in [1.165, 1.54) is 19.4 Å². The fourth-order valence-corrected chi connectivity index (χ4v) is 2.03. The first kappa shape index (κ1) is 13.0. The summed E-state index contributed by atoms with van der Waals surface area (Å²) in [4.78, 5) is 24.0. The first-order valence-corrected chi connectivity index (χ1v) is 6.29. The minimum absolute atomic E-state index is 0.0543. The number of carbonyl (C=O) groups excluding carboxylic acids is 2. The van der Waals surface area contributed by atoms with Crippen molar-refractivity contribution in [2.75, 3.05) is 12.4 Å². The maximum Gasteiger partial charge on any atom is 0.291 e. The Kier molecular flexibility index (Phi) is 3.19. The van der Waals surface area contributed by atoms with E-state index in [-0.39, 0.29) is 11.5 Å². The van der Waals surface area contributed by atoms with Gasteiger partial charge in [-0.3, -0.25) is 9.59 Å². The average Bonchev–Trinajstić information content (AvgIpc) is 3.15. The Labute approximate surface area is 119 Å². The molecule has 0 radical (unpaired) electrons. The van der Waals surface area contributed by atoms with Crippen LogP contribution >= 0.6 is 0 Å². The molecule has 2 heterocycles. The zero-order valence-electron chi connectivity index (χ0n) is 11.2. The third-order valence-electron chi connectivity index (χ3n) is 3.01. The van der Waals surface area contributed by atoms with Gasteiger partial charge in [-0.1, -0.05) is 12.1 Å². The quantitative estimate of drug-likeness (QED) is 0.774. The van der Waals surface area contributed by atoms with Crippen LogP contribution in [0.5, 0.6) is 0 Å². The third-order valence-corrected chi connectivity index (χ3v) is 3.01. The van der Waals surface area contributed by atoms with Crippen molar-refractivity contribution in [2.45, 2.75) is 0 Å². The van der Waals surface area contributed by atoms with Gasteiger partial charge in [-0.15, -0.1) is 0 Å². The lowest BCUT2D eigenvalue weighted by atomic mass is 10.2. The molecule has 2 N–H and O–H groups in total. The van der Waals surface area contributed by atoms with Gasteiger partial charge in [0.25, 0.3) is 11.8 Å². The number of carbonyl (C=O) groups is 2. The van der Waals surface area contributed by atoms with Gasteiger partial charge in [0.1, 0.15) is 11.3 Å². The molecule has 0 saturated heterocycles. The molecule has 0 aliphatic rings. The van der Waals surface area contributed by atoms with Crippen LogP contribution in [0, 0.1) is 0 Å². The normalized spacial score (nSPS) is 10.5. The molecule has 3 rings (SSSR count). The molecule has 0 aliphatic heterocycles. The van der Waals surface area contributed by atoms with Crippen LogP contribution in [0.3, 0.4) is 0 Å². The zero-order valence-corrected chi connectivity index (χ0v) is 11.2. The fraction of sp³-hybridized carbons (Fsp3) is 0.0667. The molecule has 1 aromatic carbocycles.